The maximum absolute atomic E-state index is 5.51. The molecule has 1 saturated heterocycles. The highest BCUT2D eigenvalue weighted by Crippen LogP contribution is 2.19. The standard InChI is InChI=1S/C13H24N4O2S/c1-3-12-14-13(20-15-12)17-6-4-16(5-7-17)8-9-19-11-10-18-2/h3-11H2,1-2H3. The second-order valence-corrected chi connectivity index (χ2v) is 5.51. The zero-order chi connectivity index (χ0) is 14.2. The van der Waals surface area contributed by atoms with Crippen LogP contribution in [0, 0.1) is 0 Å². The molecular weight excluding hydrogens is 276 g/mol. The molecule has 114 valence electrons. The number of anilines is 1. The maximum atomic E-state index is 5.51. The van der Waals surface area contributed by atoms with E-state index in [0.29, 0.717) is 13.2 Å². The molecule has 0 amide bonds. The number of methoxy groups -OCH3 is 1. The Morgan fingerprint density at radius 3 is 2.60 bits per heavy atom. The lowest BCUT2D eigenvalue weighted by molar-refractivity contribution is 0.0563. The van der Waals surface area contributed by atoms with Gasteiger partial charge in [-0.05, 0) is 0 Å². The van der Waals surface area contributed by atoms with Crippen molar-refractivity contribution in [1.82, 2.24) is 14.3 Å². The molecule has 1 fully saturated rings. The van der Waals surface area contributed by atoms with Crippen molar-refractivity contribution in [3.63, 3.8) is 0 Å². The summed E-state index contributed by atoms with van der Waals surface area (Å²) in [5, 5.41) is 1.07. The molecule has 1 aliphatic heterocycles. The van der Waals surface area contributed by atoms with E-state index in [1.807, 2.05) is 0 Å². The summed E-state index contributed by atoms with van der Waals surface area (Å²) in [5.41, 5.74) is 0. The van der Waals surface area contributed by atoms with Gasteiger partial charge in [-0.2, -0.15) is 4.37 Å². The van der Waals surface area contributed by atoms with Crippen molar-refractivity contribution in [3.05, 3.63) is 5.82 Å². The van der Waals surface area contributed by atoms with Crippen molar-refractivity contribution >= 4 is 16.7 Å². The molecule has 0 unspecified atom stereocenters. The third-order valence-electron chi connectivity index (χ3n) is 3.40. The van der Waals surface area contributed by atoms with Gasteiger partial charge < -0.3 is 14.4 Å². The highest BCUT2D eigenvalue weighted by molar-refractivity contribution is 7.09. The Morgan fingerprint density at radius 1 is 1.15 bits per heavy atom. The first kappa shape index (κ1) is 15.6. The third-order valence-corrected chi connectivity index (χ3v) is 4.21. The SMILES string of the molecule is CCc1nsc(N2CCN(CCOCCOC)CC2)n1. The van der Waals surface area contributed by atoms with Crippen molar-refractivity contribution in [1.29, 1.82) is 0 Å². The highest BCUT2D eigenvalue weighted by atomic mass is 32.1. The maximum Gasteiger partial charge on any atom is 0.205 e. The number of nitrogens with zero attached hydrogens (tertiary/aromatic N) is 4. The molecule has 2 rings (SSSR count). The van der Waals surface area contributed by atoms with Gasteiger partial charge in [0.2, 0.25) is 5.13 Å². The Morgan fingerprint density at radius 2 is 1.95 bits per heavy atom. The highest BCUT2D eigenvalue weighted by Gasteiger charge is 2.19. The summed E-state index contributed by atoms with van der Waals surface area (Å²) in [7, 11) is 1.69. The number of ether oxygens (including phenoxy) is 2. The average Bonchev–Trinajstić information content (AvgIpc) is 2.97. The smallest absolute Gasteiger partial charge is 0.205 e. The van der Waals surface area contributed by atoms with Gasteiger partial charge in [0.15, 0.2) is 0 Å². The fourth-order valence-electron chi connectivity index (χ4n) is 2.12. The van der Waals surface area contributed by atoms with Crippen LogP contribution in [0.1, 0.15) is 12.7 Å². The molecular formula is C13H24N4O2S. The summed E-state index contributed by atoms with van der Waals surface area (Å²) in [5.74, 6) is 0.957. The lowest BCUT2D eigenvalue weighted by Gasteiger charge is -2.34. The fraction of sp³-hybridized carbons (Fsp3) is 0.846. The number of hydrogen-bond acceptors (Lipinski definition) is 7. The Balaban J connectivity index is 1.64. The number of hydrogen-bond donors (Lipinski definition) is 0. The van der Waals surface area contributed by atoms with Gasteiger partial charge >= 0.3 is 0 Å². The van der Waals surface area contributed by atoms with Crippen molar-refractivity contribution < 1.29 is 9.47 Å². The molecule has 0 N–H and O–H groups in total. The first-order chi connectivity index (χ1) is 9.83. The second-order valence-electron chi connectivity index (χ2n) is 4.78. The lowest BCUT2D eigenvalue weighted by Crippen LogP contribution is -2.47. The molecule has 0 radical (unpaired) electrons. The van der Waals surface area contributed by atoms with E-state index in [2.05, 4.69) is 26.1 Å². The van der Waals surface area contributed by atoms with E-state index >= 15 is 0 Å². The fourth-order valence-corrected chi connectivity index (χ4v) is 2.92. The lowest BCUT2D eigenvalue weighted by atomic mass is 10.3. The van der Waals surface area contributed by atoms with Gasteiger partial charge in [-0.3, -0.25) is 4.90 Å². The van der Waals surface area contributed by atoms with Crippen LogP contribution in [0.5, 0.6) is 0 Å². The molecule has 0 aliphatic carbocycles. The van der Waals surface area contributed by atoms with E-state index in [4.69, 9.17) is 9.47 Å². The monoisotopic (exact) mass is 300 g/mol. The molecule has 0 spiro atoms. The van der Waals surface area contributed by atoms with Crippen LogP contribution in [-0.2, 0) is 15.9 Å². The van der Waals surface area contributed by atoms with Crippen LogP contribution in [0.2, 0.25) is 0 Å². The summed E-state index contributed by atoms with van der Waals surface area (Å²) in [6, 6.07) is 0. The molecule has 1 aromatic heterocycles. The average molecular weight is 300 g/mol. The third kappa shape index (κ3) is 4.66. The summed E-state index contributed by atoms with van der Waals surface area (Å²) < 4.78 is 14.8. The van der Waals surface area contributed by atoms with Gasteiger partial charge in [0.25, 0.3) is 0 Å². The minimum Gasteiger partial charge on any atom is -0.382 e. The van der Waals surface area contributed by atoms with Crippen molar-refractivity contribution in [2.45, 2.75) is 13.3 Å². The predicted octanol–water partition coefficient (Wildman–Crippen LogP) is 0.885. The summed E-state index contributed by atoms with van der Waals surface area (Å²) in [6.07, 6.45) is 0.912. The summed E-state index contributed by atoms with van der Waals surface area (Å²) in [6.45, 7) is 9.39. The van der Waals surface area contributed by atoms with Gasteiger partial charge in [0.05, 0.1) is 19.8 Å². The topological polar surface area (TPSA) is 50.7 Å². The van der Waals surface area contributed by atoms with Crippen LogP contribution in [0.15, 0.2) is 0 Å². The van der Waals surface area contributed by atoms with Gasteiger partial charge in [-0.1, -0.05) is 6.92 Å². The van der Waals surface area contributed by atoms with E-state index < -0.39 is 0 Å². The molecule has 7 heteroatoms. The van der Waals surface area contributed by atoms with Gasteiger partial charge in [0.1, 0.15) is 5.82 Å². The number of aromatic nitrogens is 2. The minimum atomic E-state index is 0.671. The molecule has 0 saturated carbocycles. The normalized spacial score (nSPS) is 16.8. The van der Waals surface area contributed by atoms with Crippen molar-refractivity contribution in [2.24, 2.45) is 0 Å². The molecule has 1 aliphatic rings. The summed E-state index contributed by atoms with van der Waals surface area (Å²) >= 11 is 1.52. The Labute approximate surface area is 124 Å². The molecule has 1 aromatic rings. The van der Waals surface area contributed by atoms with Crippen molar-refractivity contribution in [2.75, 3.05) is 64.6 Å². The molecule has 6 nitrogen and oxygen atoms in total. The Bertz CT molecular complexity index is 380. The number of piperazine rings is 1. The number of rotatable bonds is 8. The second kappa shape index (κ2) is 8.51. The molecule has 0 atom stereocenters. The minimum absolute atomic E-state index is 0.671. The largest absolute Gasteiger partial charge is 0.382 e. The molecule has 0 aromatic carbocycles. The van der Waals surface area contributed by atoms with E-state index in [1.165, 1.54) is 11.5 Å². The van der Waals surface area contributed by atoms with Gasteiger partial charge in [-0.15, -0.1) is 0 Å². The van der Waals surface area contributed by atoms with Crippen LogP contribution >= 0.6 is 11.5 Å². The van der Waals surface area contributed by atoms with Crippen LogP contribution in [-0.4, -0.2) is 73.9 Å². The van der Waals surface area contributed by atoms with E-state index in [1.54, 1.807) is 7.11 Å². The van der Waals surface area contributed by atoms with Crippen molar-refractivity contribution in [3.8, 4) is 0 Å². The van der Waals surface area contributed by atoms with Crippen LogP contribution in [0.4, 0.5) is 5.13 Å². The first-order valence-corrected chi connectivity index (χ1v) is 7.97. The predicted molar refractivity (Wildman–Crippen MR) is 80.6 cm³/mol. The quantitative estimate of drug-likeness (QED) is 0.665. The molecule has 0 bridgehead atoms. The van der Waals surface area contributed by atoms with Crippen LogP contribution < -0.4 is 4.90 Å². The van der Waals surface area contributed by atoms with Gasteiger partial charge in [0, 0.05) is 57.8 Å². The number of aryl methyl sites for hydroxylation is 1. The van der Waals surface area contributed by atoms with Crippen LogP contribution in [0.3, 0.4) is 0 Å². The zero-order valence-corrected chi connectivity index (χ0v) is 13.2. The first-order valence-electron chi connectivity index (χ1n) is 7.20. The van der Waals surface area contributed by atoms with Gasteiger partial charge in [-0.25, -0.2) is 4.98 Å². The van der Waals surface area contributed by atoms with E-state index in [9.17, 15) is 0 Å². The van der Waals surface area contributed by atoms with E-state index in [0.717, 1.165) is 56.7 Å². The van der Waals surface area contributed by atoms with Crippen LogP contribution in [0.25, 0.3) is 0 Å². The molecule has 2 heterocycles. The Kier molecular flexibility index (Phi) is 6.65. The zero-order valence-electron chi connectivity index (χ0n) is 12.4. The van der Waals surface area contributed by atoms with E-state index in [-0.39, 0.29) is 0 Å². The summed E-state index contributed by atoms with van der Waals surface area (Å²) in [4.78, 5) is 9.32. The molecule has 20 heavy (non-hydrogen) atoms. The Hall–Kier alpha value is -0.760.